The number of esters is 1. The second-order valence-corrected chi connectivity index (χ2v) is 5.65. The fourth-order valence-electron chi connectivity index (χ4n) is 2.51. The standard InChI is InChI=1S/C13H14F6N2O3/c1-21(2)20-6-11-4-3-7(24-11)5-8(11)9(22)23-10(12(14,15)16)13(17,18)19/h3-4,6-8,10H,5H2,1-2H3/b20-6+. The molecule has 0 amide bonds. The van der Waals surface area contributed by atoms with E-state index in [-0.39, 0.29) is 6.42 Å². The molecule has 2 rings (SSSR count). The number of hydrogen-bond acceptors (Lipinski definition) is 5. The van der Waals surface area contributed by atoms with Crippen LogP contribution in [0.3, 0.4) is 0 Å². The van der Waals surface area contributed by atoms with Crippen LogP contribution in [0.4, 0.5) is 26.3 Å². The Balaban J connectivity index is 2.21. The summed E-state index contributed by atoms with van der Waals surface area (Å²) in [6.07, 6.45) is -12.3. The molecular formula is C13H14F6N2O3. The number of hydrogen-bond donors (Lipinski definition) is 0. The summed E-state index contributed by atoms with van der Waals surface area (Å²) >= 11 is 0. The second-order valence-electron chi connectivity index (χ2n) is 5.65. The number of carbonyl (C=O) groups is 1. The van der Waals surface area contributed by atoms with E-state index >= 15 is 0 Å². The number of fused-ring (bicyclic) bond motifs is 2. The number of rotatable bonds is 4. The van der Waals surface area contributed by atoms with Crippen molar-refractivity contribution in [3.05, 3.63) is 12.2 Å². The first-order valence-electron chi connectivity index (χ1n) is 6.79. The number of ether oxygens (including phenoxy) is 2. The molecule has 2 aliphatic heterocycles. The first kappa shape index (κ1) is 18.6. The van der Waals surface area contributed by atoms with Gasteiger partial charge >= 0.3 is 18.3 Å². The summed E-state index contributed by atoms with van der Waals surface area (Å²) in [5.74, 6) is -2.98. The molecule has 2 heterocycles. The molecule has 1 fully saturated rings. The van der Waals surface area contributed by atoms with Crippen LogP contribution in [-0.2, 0) is 14.3 Å². The molecule has 11 heteroatoms. The van der Waals surface area contributed by atoms with Gasteiger partial charge in [0.2, 0.25) is 0 Å². The number of nitrogens with zero attached hydrogens (tertiary/aromatic N) is 2. The second kappa shape index (κ2) is 5.94. The van der Waals surface area contributed by atoms with Crippen LogP contribution >= 0.6 is 0 Å². The van der Waals surface area contributed by atoms with Crippen LogP contribution in [0, 0.1) is 5.92 Å². The van der Waals surface area contributed by atoms with E-state index in [2.05, 4.69) is 9.84 Å². The molecule has 0 saturated carbocycles. The number of carbonyl (C=O) groups excluding carboxylic acids is 1. The molecule has 0 N–H and O–H groups in total. The Morgan fingerprint density at radius 2 is 1.92 bits per heavy atom. The Morgan fingerprint density at radius 1 is 1.33 bits per heavy atom. The topological polar surface area (TPSA) is 51.1 Å². The maximum Gasteiger partial charge on any atom is 0.434 e. The third-order valence-corrected chi connectivity index (χ3v) is 3.54. The van der Waals surface area contributed by atoms with E-state index in [1.807, 2.05) is 0 Å². The first-order valence-corrected chi connectivity index (χ1v) is 6.79. The van der Waals surface area contributed by atoms with E-state index < -0.39 is 42.0 Å². The Labute approximate surface area is 132 Å². The van der Waals surface area contributed by atoms with E-state index in [4.69, 9.17) is 4.74 Å². The van der Waals surface area contributed by atoms with Gasteiger partial charge in [-0.05, 0) is 12.5 Å². The first-order chi connectivity index (χ1) is 10.8. The largest absolute Gasteiger partial charge is 0.442 e. The van der Waals surface area contributed by atoms with Crippen LogP contribution in [0.2, 0.25) is 0 Å². The average molecular weight is 360 g/mol. The van der Waals surface area contributed by atoms with Gasteiger partial charge in [-0.25, -0.2) is 0 Å². The van der Waals surface area contributed by atoms with Crippen molar-refractivity contribution in [3.63, 3.8) is 0 Å². The zero-order chi connectivity index (χ0) is 18.3. The van der Waals surface area contributed by atoms with Crippen molar-refractivity contribution in [1.82, 2.24) is 5.01 Å². The van der Waals surface area contributed by atoms with Gasteiger partial charge in [0, 0.05) is 14.1 Å². The van der Waals surface area contributed by atoms with Gasteiger partial charge in [0.1, 0.15) is 5.60 Å². The maximum absolute atomic E-state index is 12.5. The summed E-state index contributed by atoms with van der Waals surface area (Å²) in [7, 11) is 3.10. The van der Waals surface area contributed by atoms with Crippen molar-refractivity contribution in [1.29, 1.82) is 0 Å². The molecule has 0 radical (unpaired) electrons. The summed E-state index contributed by atoms with van der Waals surface area (Å²) in [6.45, 7) is 0. The van der Waals surface area contributed by atoms with Crippen LogP contribution in [-0.4, -0.2) is 61.4 Å². The van der Waals surface area contributed by atoms with Gasteiger partial charge in [0.25, 0.3) is 6.10 Å². The van der Waals surface area contributed by atoms with Gasteiger partial charge in [-0.2, -0.15) is 31.4 Å². The molecule has 0 aliphatic carbocycles. The van der Waals surface area contributed by atoms with Crippen molar-refractivity contribution < 1.29 is 40.6 Å². The van der Waals surface area contributed by atoms with Gasteiger partial charge in [0.15, 0.2) is 0 Å². The monoisotopic (exact) mass is 360 g/mol. The number of hydrazone groups is 1. The fourth-order valence-corrected chi connectivity index (χ4v) is 2.51. The zero-order valence-corrected chi connectivity index (χ0v) is 12.6. The van der Waals surface area contributed by atoms with Gasteiger partial charge in [0.05, 0.1) is 18.2 Å². The van der Waals surface area contributed by atoms with Crippen LogP contribution in [0.1, 0.15) is 6.42 Å². The molecule has 5 nitrogen and oxygen atoms in total. The third-order valence-electron chi connectivity index (χ3n) is 3.54. The minimum Gasteiger partial charge on any atom is -0.442 e. The minimum absolute atomic E-state index is 0.0861. The van der Waals surface area contributed by atoms with Crippen molar-refractivity contribution in [2.45, 2.75) is 36.6 Å². The highest BCUT2D eigenvalue weighted by Gasteiger charge is 2.62. The van der Waals surface area contributed by atoms with Gasteiger partial charge in [-0.3, -0.25) is 4.79 Å². The van der Waals surface area contributed by atoms with Crippen LogP contribution in [0.5, 0.6) is 0 Å². The lowest BCUT2D eigenvalue weighted by molar-refractivity contribution is -0.314. The van der Waals surface area contributed by atoms with Gasteiger partial charge < -0.3 is 14.5 Å². The molecule has 2 bridgehead atoms. The van der Waals surface area contributed by atoms with Crippen molar-refractivity contribution in [2.24, 2.45) is 11.0 Å². The molecule has 2 aliphatic rings. The molecule has 0 aromatic carbocycles. The third kappa shape index (κ3) is 3.65. The SMILES string of the molecule is CN(C)/N=C/C12C=CC(CC1C(=O)OC(C(F)(F)F)C(F)(F)F)O2. The summed E-state index contributed by atoms with van der Waals surface area (Å²) in [5.41, 5.74) is -1.51. The van der Waals surface area contributed by atoms with E-state index in [1.54, 1.807) is 20.2 Å². The van der Waals surface area contributed by atoms with E-state index in [0.717, 1.165) is 0 Å². The quantitative estimate of drug-likeness (QED) is 0.254. The van der Waals surface area contributed by atoms with Crippen LogP contribution in [0.15, 0.2) is 17.3 Å². The highest BCUT2D eigenvalue weighted by atomic mass is 19.4. The summed E-state index contributed by atoms with van der Waals surface area (Å²) < 4.78 is 84.4. The Morgan fingerprint density at radius 3 is 2.38 bits per heavy atom. The molecule has 0 spiro atoms. The highest BCUT2D eigenvalue weighted by Crippen LogP contribution is 2.44. The van der Waals surface area contributed by atoms with E-state index in [9.17, 15) is 31.1 Å². The molecule has 0 aromatic heterocycles. The Bertz CT molecular complexity index is 543. The van der Waals surface area contributed by atoms with Gasteiger partial charge in [-0.1, -0.05) is 6.08 Å². The zero-order valence-electron chi connectivity index (χ0n) is 12.6. The number of halogens is 6. The Kier molecular flexibility index (Phi) is 4.59. The van der Waals surface area contributed by atoms with Crippen molar-refractivity contribution in [2.75, 3.05) is 14.1 Å². The van der Waals surface area contributed by atoms with E-state index in [0.29, 0.717) is 0 Å². The molecule has 1 saturated heterocycles. The normalized spacial score (nSPS) is 29.7. The smallest absolute Gasteiger partial charge is 0.434 e. The lowest BCUT2D eigenvalue weighted by Gasteiger charge is -2.28. The average Bonchev–Trinajstić information content (AvgIpc) is 2.98. The fraction of sp³-hybridized carbons (Fsp3) is 0.692. The molecular weight excluding hydrogens is 346 g/mol. The minimum atomic E-state index is -5.76. The summed E-state index contributed by atoms with van der Waals surface area (Å²) in [4.78, 5) is 12.0. The van der Waals surface area contributed by atoms with Crippen molar-refractivity contribution >= 4 is 12.2 Å². The summed E-state index contributed by atoms with van der Waals surface area (Å²) in [6, 6.07) is 0. The molecule has 0 aromatic rings. The molecule has 136 valence electrons. The number of alkyl halides is 6. The van der Waals surface area contributed by atoms with E-state index in [1.165, 1.54) is 17.3 Å². The molecule has 24 heavy (non-hydrogen) atoms. The highest BCUT2D eigenvalue weighted by molar-refractivity contribution is 5.86. The molecule has 3 unspecified atom stereocenters. The van der Waals surface area contributed by atoms with Gasteiger partial charge in [-0.15, -0.1) is 0 Å². The Hall–Kier alpha value is -1.78. The predicted octanol–water partition coefficient (Wildman–Crippen LogP) is 2.28. The van der Waals surface area contributed by atoms with Crippen LogP contribution in [0.25, 0.3) is 0 Å². The molecule has 3 atom stereocenters. The van der Waals surface area contributed by atoms with Crippen molar-refractivity contribution in [3.8, 4) is 0 Å². The summed E-state index contributed by atoms with van der Waals surface area (Å²) in [5, 5.41) is 5.21. The predicted molar refractivity (Wildman–Crippen MR) is 69.0 cm³/mol. The lowest BCUT2D eigenvalue weighted by Crippen LogP contribution is -2.49. The van der Waals surface area contributed by atoms with Crippen LogP contribution < -0.4 is 0 Å². The lowest BCUT2D eigenvalue weighted by atomic mass is 9.84. The maximum atomic E-state index is 12.5.